The lowest BCUT2D eigenvalue weighted by molar-refractivity contribution is -0.142. The number of benzene rings is 1. The second-order valence-corrected chi connectivity index (χ2v) is 6.59. The maximum atomic E-state index is 12.1. The molecule has 1 aromatic rings. The predicted octanol–water partition coefficient (Wildman–Crippen LogP) is -0.447. The number of hydrogen-bond acceptors (Lipinski definition) is 4. The number of nitrogens with two attached hydrogens (primary N) is 3. The summed E-state index contributed by atoms with van der Waals surface area (Å²) in [6.07, 6.45) is 0.445. The van der Waals surface area contributed by atoms with Gasteiger partial charge in [-0.05, 0) is 18.4 Å². The minimum absolute atomic E-state index is 0.0831. The summed E-state index contributed by atoms with van der Waals surface area (Å²) in [5.41, 5.74) is 17.2. The van der Waals surface area contributed by atoms with Crippen LogP contribution in [0, 0.1) is 0 Å². The second kappa shape index (κ2) is 9.89. The van der Waals surface area contributed by atoms with Gasteiger partial charge in [-0.2, -0.15) is 0 Å². The van der Waals surface area contributed by atoms with Crippen molar-refractivity contribution in [1.82, 2.24) is 5.32 Å². The van der Waals surface area contributed by atoms with Crippen LogP contribution >= 0.6 is 15.9 Å². The molecule has 0 saturated heterocycles. The van der Waals surface area contributed by atoms with Gasteiger partial charge in [-0.25, -0.2) is 4.79 Å². The van der Waals surface area contributed by atoms with Crippen LogP contribution in [0.3, 0.4) is 0 Å². The summed E-state index contributed by atoms with van der Waals surface area (Å²) >= 11 is 3.29. The molecule has 0 aromatic heterocycles. The molecule has 24 heavy (non-hydrogen) atoms. The molecule has 0 spiro atoms. The smallest absolute Gasteiger partial charge is 0.326 e. The fourth-order valence-corrected chi connectivity index (χ4v) is 2.51. The van der Waals surface area contributed by atoms with Crippen LogP contribution in [0.25, 0.3) is 0 Å². The van der Waals surface area contributed by atoms with E-state index in [2.05, 4.69) is 26.2 Å². The molecule has 1 aromatic carbocycles. The van der Waals surface area contributed by atoms with Gasteiger partial charge in [0.05, 0.1) is 12.6 Å². The zero-order valence-electron chi connectivity index (χ0n) is 13.1. The molecule has 9 heteroatoms. The van der Waals surface area contributed by atoms with E-state index in [4.69, 9.17) is 17.2 Å². The third-order valence-corrected chi connectivity index (χ3v) is 3.88. The maximum Gasteiger partial charge on any atom is 0.326 e. The van der Waals surface area contributed by atoms with Gasteiger partial charge in [0, 0.05) is 4.83 Å². The number of carbonyl (C=O) groups is 2. The first-order valence-electron chi connectivity index (χ1n) is 7.31. The molecular formula is C15H22BrN5O3. The number of alkyl halides is 1. The van der Waals surface area contributed by atoms with Crippen molar-refractivity contribution >= 4 is 33.8 Å². The Kier molecular flexibility index (Phi) is 8.20. The fraction of sp³-hybridized carbons (Fsp3) is 0.400. The van der Waals surface area contributed by atoms with Crippen LogP contribution in [0.15, 0.2) is 35.3 Å². The molecule has 0 saturated carbocycles. The van der Waals surface area contributed by atoms with E-state index in [0.29, 0.717) is 6.42 Å². The van der Waals surface area contributed by atoms with Crippen molar-refractivity contribution in [2.75, 3.05) is 6.54 Å². The predicted molar refractivity (Wildman–Crippen MR) is 95.7 cm³/mol. The van der Waals surface area contributed by atoms with Gasteiger partial charge >= 0.3 is 5.97 Å². The van der Waals surface area contributed by atoms with E-state index in [1.165, 1.54) is 0 Å². The van der Waals surface area contributed by atoms with Crippen molar-refractivity contribution in [3.63, 3.8) is 0 Å². The van der Waals surface area contributed by atoms with Gasteiger partial charge in [0.1, 0.15) is 6.04 Å². The molecular weight excluding hydrogens is 378 g/mol. The van der Waals surface area contributed by atoms with Gasteiger partial charge in [-0.3, -0.25) is 9.79 Å². The molecule has 0 heterocycles. The molecule has 0 aliphatic carbocycles. The molecule has 8 N–H and O–H groups in total. The Bertz CT molecular complexity index is 578. The van der Waals surface area contributed by atoms with Crippen LogP contribution in [0.1, 0.15) is 12.0 Å². The summed E-state index contributed by atoms with van der Waals surface area (Å²) in [6.45, 7) is 0.206. The average molecular weight is 400 g/mol. The maximum absolute atomic E-state index is 12.1. The lowest BCUT2D eigenvalue weighted by Gasteiger charge is -2.19. The van der Waals surface area contributed by atoms with Crippen LogP contribution in [0.2, 0.25) is 0 Å². The number of nitrogens with one attached hydrogen (secondary N) is 1. The quantitative estimate of drug-likeness (QED) is 0.215. The monoisotopic (exact) mass is 399 g/mol. The first kappa shape index (κ1) is 19.9. The molecule has 0 aliphatic heterocycles. The van der Waals surface area contributed by atoms with Crippen molar-refractivity contribution in [2.24, 2.45) is 22.2 Å². The molecule has 0 radical (unpaired) electrons. The minimum Gasteiger partial charge on any atom is -0.480 e. The van der Waals surface area contributed by atoms with E-state index in [1.54, 1.807) is 0 Å². The summed E-state index contributed by atoms with van der Waals surface area (Å²) in [7, 11) is 0. The summed E-state index contributed by atoms with van der Waals surface area (Å²) < 4.78 is 0. The normalized spacial score (nSPS) is 14.2. The largest absolute Gasteiger partial charge is 0.480 e. The number of guanidine groups is 1. The minimum atomic E-state index is -1.15. The molecule has 0 aliphatic rings. The van der Waals surface area contributed by atoms with Gasteiger partial charge < -0.3 is 27.6 Å². The zero-order chi connectivity index (χ0) is 18.1. The lowest BCUT2D eigenvalue weighted by Crippen LogP contribution is -2.50. The number of carbonyl (C=O) groups excluding carboxylic acids is 1. The number of carboxylic acids is 1. The number of aliphatic carboxylic acids is 1. The van der Waals surface area contributed by atoms with Crippen molar-refractivity contribution < 1.29 is 14.7 Å². The number of carboxylic acid groups (broad SMARTS) is 1. The number of aliphatic imine (C=N–C) groups is 1. The van der Waals surface area contributed by atoms with Crippen molar-refractivity contribution in [3.05, 3.63) is 35.9 Å². The third-order valence-electron chi connectivity index (χ3n) is 3.21. The van der Waals surface area contributed by atoms with Gasteiger partial charge in [-0.15, -0.1) is 0 Å². The molecule has 1 amide bonds. The summed E-state index contributed by atoms with van der Waals surface area (Å²) in [6, 6.07) is 7.34. The van der Waals surface area contributed by atoms with Crippen LogP contribution in [0.4, 0.5) is 0 Å². The summed E-state index contributed by atoms with van der Waals surface area (Å²) in [5.74, 6) is -1.75. The number of amides is 1. The van der Waals surface area contributed by atoms with Crippen LogP contribution in [0.5, 0.6) is 0 Å². The number of halogens is 1. The van der Waals surface area contributed by atoms with E-state index in [-0.39, 0.29) is 23.8 Å². The Morgan fingerprint density at radius 2 is 1.88 bits per heavy atom. The molecule has 132 valence electrons. The third kappa shape index (κ3) is 7.42. The van der Waals surface area contributed by atoms with E-state index >= 15 is 0 Å². The molecule has 0 bridgehead atoms. The highest BCUT2D eigenvalue weighted by atomic mass is 79.9. The highest BCUT2D eigenvalue weighted by Gasteiger charge is 2.25. The standard InChI is InChI=1S/C15H22BrN5O3/c16-10(8-20-15(18)19)7-12(14(23)24)21-13(22)11(17)6-9-4-2-1-3-5-9/h1-5,10-12H,6-8,17H2,(H,21,22)(H,23,24)(H4,18,19,20)/t10?,11-,12-/m0/s1. The van der Waals surface area contributed by atoms with Gasteiger partial charge in [0.15, 0.2) is 5.96 Å². The average Bonchev–Trinajstić information content (AvgIpc) is 2.53. The molecule has 1 rings (SSSR count). The Labute approximate surface area is 148 Å². The van der Waals surface area contributed by atoms with E-state index < -0.39 is 24.0 Å². The highest BCUT2D eigenvalue weighted by Crippen LogP contribution is 2.10. The number of nitrogens with zero attached hydrogens (tertiary/aromatic N) is 1. The van der Waals surface area contributed by atoms with Crippen molar-refractivity contribution in [3.8, 4) is 0 Å². The molecule has 3 atom stereocenters. The SMILES string of the molecule is NC(N)=NCC(Br)C[C@H](NC(=O)[C@@H](N)Cc1ccccc1)C(=O)O. The number of hydrogen-bond donors (Lipinski definition) is 5. The van der Waals surface area contributed by atoms with E-state index in [0.717, 1.165) is 5.56 Å². The summed E-state index contributed by atoms with van der Waals surface area (Å²) in [5, 5.41) is 11.7. The van der Waals surface area contributed by atoms with Gasteiger partial charge in [0.25, 0.3) is 0 Å². The first-order valence-corrected chi connectivity index (χ1v) is 8.23. The van der Waals surface area contributed by atoms with Crippen LogP contribution in [-0.2, 0) is 16.0 Å². The van der Waals surface area contributed by atoms with Gasteiger partial charge in [0.2, 0.25) is 5.91 Å². The van der Waals surface area contributed by atoms with Gasteiger partial charge in [-0.1, -0.05) is 46.3 Å². The Morgan fingerprint density at radius 1 is 1.25 bits per heavy atom. The zero-order valence-corrected chi connectivity index (χ0v) is 14.6. The highest BCUT2D eigenvalue weighted by molar-refractivity contribution is 9.09. The topological polar surface area (TPSA) is 157 Å². The Hall–Kier alpha value is -2.13. The van der Waals surface area contributed by atoms with Crippen LogP contribution in [-0.4, -0.2) is 46.4 Å². The number of rotatable bonds is 9. The van der Waals surface area contributed by atoms with E-state index in [1.807, 2.05) is 30.3 Å². The molecule has 1 unspecified atom stereocenters. The first-order chi connectivity index (χ1) is 11.3. The fourth-order valence-electron chi connectivity index (χ4n) is 2.00. The summed E-state index contributed by atoms with van der Waals surface area (Å²) in [4.78, 5) is 27.0. The second-order valence-electron chi connectivity index (χ2n) is 5.29. The Balaban J connectivity index is 2.58. The van der Waals surface area contributed by atoms with Crippen molar-refractivity contribution in [1.29, 1.82) is 0 Å². The molecule has 0 fully saturated rings. The lowest BCUT2D eigenvalue weighted by atomic mass is 10.1. The van der Waals surface area contributed by atoms with E-state index in [9.17, 15) is 14.7 Å². The van der Waals surface area contributed by atoms with Crippen LogP contribution < -0.4 is 22.5 Å². The Morgan fingerprint density at radius 3 is 2.42 bits per heavy atom. The molecule has 8 nitrogen and oxygen atoms in total. The van der Waals surface area contributed by atoms with Crippen molar-refractivity contribution in [2.45, 2.75) is 29.8 Å².